The van der Waals surface area contributed by atoms with Gasteiger partial charge in [-0.05, 0) is 29.7 Å². The molecule has 6 heteroatoms. The molecule has 5 nitrogen and oxygen atoms in total. The number of amides is 1. The van der Waals surface area contributed by atoms with Crippen LogP contribution in [0.4, 0.5) is 5.82 Å². The number of thiophene rings is 1. The van der Waals surface area contributed by atoms with Crippen molar-refractivity contribution in [2.24, 2.45) is 0 Å². The lowest BCUT2D eigenvalue weighted by Gasteiger charge is -2.01. The van der Waals surface area contributed by atoms with Gasteiger partial charge in [-0.25, -0.2) is 0 Å². The molecule has 118 valence electrons. The zero-order chi connectivity index (χ0) is 16.4. The number of hydrogen-bond acceptors (Lipinski definition) is 4. The monoisotopic (exact) mass is 334 g/mol. The Labute approximate surface area is 142 Å². The molecule has 4 aromatic rings. The van der Waals surface area contributed by atoms with Crippen molar-refractivity contribution in [1.29, 1.82) is 0 Å². The predicted octanol–water partition coefficient (Wildman–Crippen LogP) is 3.79. The average Bonchev–Trinajstić information content (AvgIpc) is 3.22. The van der Waals surface area contributed by atoms with E-state index in [0.29, 0.717) is 17.2 Å². The van der Waals surface area contributed by atoms with E-state index in [4.69, 9.17) is 0 Å². The lowest BCUT2D eigenvalue weighted by atomic mass is 10.2. The molecule has 0 fully saturated rings. The molecule has 24 heavy (non-hydrogen) atoms. The summed E-state index contributed by atoms with van der Waals surface area (Å²) in [4.78, 5) is 17.3. The maximum Gasteiger partial charge on any atom is 0.266 e. The molecule has 0 atom stereocenters. The van der Waals surface area contributed by atoms with E-state index >= 15 is 0 Å². The van der Waals surface area contributed by atoms with Crippen LogP contribution in [0.3, 0.4) is 0 Å². The minimum Gasteiger partial charge on any atom is -0.304 e. The second kappa shape index (κ2) is 6.25. The molecule has 1 aromatic carbocycles. The van der Waals surface area contributed by atoms with E-state index in [1.807, 2.05) is 54.7 Å². The second-order valence-corrected chi connectivity index (χ2v) is 6.41. The molecule has 3 aromatic heterocycles. The van der Waals surface area contributed by atoms with Gasteiger partial charge in [0.15, 0.2) is 5.82 Å². The van der Waals surface area contributed by atoms with E-state index in [-0.39, 0.29) is 5.91 Å². The summed E-state index contributed by atoms with van der Waals surface area (Å²) < 4.78 is 2.85. The summed E-state index contributed by atoms with van der Waals surface area (Å²) in [5, 5.41) is 8.30. The molecule has 3 heterocycles. The quantitative estimate of drug-likeness (QED) is 0.617. The van der Waals surface area contributed by atoms with E-state index < -0.39 is 0 Å². The summed E-state index contributed by atoms with van der Waals surface area (Å²) in [6, 6.07) is 17.4. The first-order valence-corrected chi connectivity index (χ1v) is 8.33. The molecule has 0 aliphatic heterocycles. The molecule has 1 N–H and O–H groups in total. The minimum atomic E-state index is -0.140. The number of rotatable bonds is 4. The largest absolute Gasteiger partial charge is 0.304 e. The van der Waals surface area contributed by atoms with Crippen LogP contribution in [0, 0.1) is 0 Å². The van der Waals surface area contributed by atoms with E-state index in [1.54, 1.807) is 16.9 Å². The number of pyridine rings is 1. The van der Waals surface area contributed by atoms with Gasteiger partial charge in [-0.2, -0.15) is 5.10 Å². The summed E-state index contributed by atoms with van der Waals surface area (Å²) in [5.41, 5.74) is 0.919. The van der Waals surface area contributed by atoms with Crippen molar-refractivity contribution in [3.8, 4) is 0 Å². The van der Waals surface area contributed by atoms with Crippen LogP contribution in [0.2, 0.25) is 0 Å². The van der Waals surface area contributed by atoms with Crippen LogP contribution in [0.1, 0.15) is 15.4 Å². The van der Waals surface area contributed by atoms with Gasteiger partial charge in [0.05, 0.1) is 17.1 Å². The predicted molar refractivity (Wildman–Crippen MR) is 95.3 cm³/mol. The van der Waals surface area contributed by atoms with E-state index in [1.165, 1.54) is 11.3 Å². The number of benzene rings is 1. The minimum absolute atomic E-state index is 0.140. The number of carbonyl (C=O) groups excluding carboxylic acids is 1. The summed E-state index contributed by atoms with van der Waals surface area (Å²) in [6.45, 7) is 0.569. The third kappa shape index (κ3) is 3.04. The van der Waals surface area contributed by atoms with Crippen molar-refractivity contribution < 1.29 is 4.79 Å². The van der Waals surface area contributed by atoms with Crippen molar-refractivity contribution in [3.63, 3.8) is 0 Å². The highest BCUT2D eigenvalue weighted by molar-refractivity contribution is 7.20. The standard InChI is InChI=1S/C18H14N4OS/c23-18(16-11-13-5-1-2-7-15(13)24-16)20-17-8-10-22(21-17)12-14-6-3-4-9-19-14/h1-11H,12H2,(H,20,21,23). The van der Waals surface area contributed by atoms with Gasteiger partial charge in [-0.15, -0.1) is 11.3 Å². The van der Waals surface area contributed by atoms with Crippen molar-refractivity contribution >= 4 is 33.1 Å². The first-order chi connectivity index (χ1) is 11.8. The fourth-order valence-electron chi connectivity index (χ4n) is 2.45. The number of aromatic nitrogens is 3. The molecular weight excluding hydrogens is 320 g/mol. The van der Waals surface area contributed by atoms with Gasteiger partial charge >= 0.3 is 0 Å². The third-order valence-corrected chi connectivity index (χ3v) is 4.70. The Morgan fingerprint density at radius 2 is 2.00 bits per heavy atom. The van der Waals surface area contributed by atoms with E-state index in [9.17, 15) is 4.79 Å². The molecule has 0 saturated heterocycles. The Balaban J connectivity index is 1.48. The van der Waals surface area contributed by atoms with Gasteiger partial charge in [-0.1, -0.05) is 24.3 Å². The van der Waals surface area contributed by atoms with Crippen LogP contribution in [0.5, 0.6) is 0 Å². The number of carbonyl (C=O) groups is 1. The van der Waals surface area contributed by atoms with Crippen LogP contribution in [-0.2, 0) is 6.54 Å². The van der Waals surface area contributed by atoms with Crippen LogP contribution >= 0.6 is 11.3 Å². The second-order valence-electron chi connectivity index (χ2n) is 5.32. The molecule has 0 aliphatic carbocycles. The Hall–Kier alpha value is -2.99. The van der Waals surface area contributed by atoms with Gasteiger partial charge in [-0.3, -0.25) is 14.5 Å². The fourth-order valence-corrected chi connectivity index (χ4v) is 3.40. The molecule has 4 rings (SSSR count). The first-order valence-electron chi connectivity index (χ1n) is 7.51. The van der Waals surface area contributed by atoms with Crippen LogP contribution in [0.15, 0.2) is 67.0 Å². The van der Waals surface area contributed by atoms with Gasteiger partial charge in [0.2, 0.25) is 0 Å². The summed E-state index contributed by atoms with van der Waals surface area (Å²) in [5.74, 6) is 0.396. The molecule has 0 spiro atoms. The van der Waals surface area contributed by atoms with Crippen molar-refractivity contribution in [2.45, 2.75) is 6.54 Å². The van der Waals surface area contributed by atoms with Gasteiger partial charge in [0.25, 0.3) is 5.91 Å². The maximum absolute atomic E-state index is 12.4. The Morgan fingerprint density at radius 3 is 2.83 bits per heavy atom. The highest BCUT2D eigenvalue weighted by Gasteiger charge is 2.11. The summed E-state index contributed by atoms with van der Waals surface area (Å²) >= 11 is 1.48. The SMILES string of the molecule is O=C(Nc1ccn(Cc2ccccn2)n1)c1cc2ccccc2s1. The fraction of sp³-hybridized carbons (Fsp3) is 0.0556. The highest BCUT2D eigenvalue weighted by atomic mass is 32.1. The number of nitrogens with zero attached hydrogens (tertiary/aromatic N) is 3. The van der Waals surface area contributed by atoms with Gasteiger partial charge in [0.1, 0.15) is 0 Å². The van der Waals surface area contributed by atoms with Gasteiger partial charge in [0, 0.05) is 23.2 Å². The highest BCUT2D eigenvalue weighted by Crippen LogP contribution is 2.25. The van der Waals surface area contributed by atoms with Crippen molar-refractivity contribution in [2.75, 3.05) is 5.32 Å². The summed E-state index contributed by atoms with van der Waals surface area (Å²) in [7, 11) is 0. The summed E-state index contributed by atoms with van der Waals surface area (Å²) in [6.07, 6.45) is 3.58. The number of fused-ring (bicyclic) bond motifs is 1. The number of anilines is 1. The average molecular weight is 334 g/mol. The van der Waals surface area contributed by atoms with Crippen LogP contribution < -0.4 is 5.32 Å². The molecular formula is C18H14N4OS. The van der Waals surface area contributed by atoms with Gasteiger partial charge < -0.3 is 5.32 Å². The lowest BCUT2D eigenvalue weighted by molar-refractivity contribution is 0.103. The molecule has 0 radical (unpaired) electrons. The first kappa shape index (κ1) is 14.6. The zero-order valence-corrected chi connectivity index (χ0v) is 13.5. The number of hydrogen-bond donors (Lipinski definition) is 1. The van der Waals surface area contributed by atoms with Crippen molar-refractivity contribution in [1.82, 2.24) is 14.8 Å². The Morgan fingerprint density at radius 1 is 1.12 bits per heavy atom. The normalized spacial score (nSPS) is 10.8. The van der Waals surface area contributed by atoms with Crippen LogP contribution in [0.25, 0.3) is 10.1 Å². The Bertz CT molecular complexity index is 957. The molecule has 0 bridgehead atoms. The third-order valence-electron chi connectivity index (χ3n) is 3.58. The zero-order valence-electron chi connectivity index (χ0n) is 12.7. The van der Waals surface area contributed by atoms with E-state index in [2.05, 4.69) is 15.4 Å². The molecule has 0 saturated carbocycles. The molecule has 1 amide bonds. The lowest BCUT2D eigenvalue weighted by Crippen LogP contribution is -2.11. The molecule has 0 aliphatic rings. The van der Waals surface area contributed by atoms with E-state index in [0.717, 1.165) is 15.8 Å². The molecule has 0 unspecified atom stereocenters. The van der Waals surface area contributed by atoms with Crippen LogP contribution in [-0.4, -0.2) is 20.7 Å². The number of nitrogens with one attached hydrogen (secondary N) is 1. The maximum atomic E-state index is 12.4. The van der Waals surface area contributed by atoms with Crippen molar-refractivity contribution in [3.05, 3.63) is 77.6 Å². The smallest absolute Gasteiger partial charge is 0.266 e. The topological polar surface area (TPSA) is 59.8 Å². The Kier molecular flexibility index (Phi) is 3.80.